The summed E-state index contributed by atoms with van der Waals surface area (Å²) in [4.78, 5) is 3.87. The second-order valence-electron chi connectivity index (χ2n) is 3.58. The van der Waals surface area contributed by atoms with Crippen LogP contribution in [-0.4, -0.2) is 19.2 Å². The van der Waals surface area contributed by atoms with E-state index in [1.54, 1.807) is 20.4 Å². The van der Waals surface area contributed by atoms with E-state index in [9.17, 15) is 0 Å². The average Bonchev–Trinajstić information content (AvgIpc) is 2.75. The molecule has 90 valence electrons. The van der Waals surface area contributed by atoms with Crippen LogP contribution in [-0.2, 0) is 0 Å². The Labute approximate surface area is 99.2 Å². The molecule has 0 amide bonds. The van der Waals surface area contributed by atoms with Gasteiger partial charge in [0.2, 0.25) is 0 Å². The number of hydrogen-bond acceptors (Lipinski definition) is 5. The molecular formula is C12H14N2O3. The molecule has 1 aromatic heterocycles. The Kier molecular flexibility index (Phi) is 2.91. The molecule has 2 aromatic rings. The molecule has 0 spiro atoms. The van der Waals surface area contributed by atoms with Crippen LogP contribution in [0.1, 0.15) is 5.56 Å². The average molecular weight is 234 g/mol. The van der Waals surface area contributed by atoms with Crippen molar-refractivity contribution < 1.29 is 13.9 Å². The minimum Gasteiger partial charge on any atom is -0.493 e. The van der Waals surface area contributed by atoms with Gasteiger partial charge in [-0.25, -0.2) is 4.98 Å². The highest BCUT2D eigenvalue weighted by Gasteiger charge is 2.13. The topological polar surface area (TPSA) is 70.5 Å². The van der Waals surface area contributed by atoms with Crippen LogP contribution in [0.25, 0.3) is 11.3 Å². The highest BCUT2D eigenvalue weighted by atomic mass is 16.5. The van der Waals surface area contributed by atoms with E-state index in [1.165, 1.54) is 0 Å². The zero-order valence-corrected chi connectivity index (χ0v) is 9.98. The maximum atomic E-state index is 5.46. The normalized spacial score (nSPS) is 10.3. The van der Waals surface area contributed by atoms with Gasteiger partial charge in [-0.3, -0.25) is 0 Å². The number of rotatable bonds is 3. The predicted molar refractivity (Wildman–Crippen MR) is 64.2 cm³/mol. The van der Waals surface area contributed by atoms with Crippen LogP contribution >= 0.6 is 0 Å². The van der Waals surface area contributed by atoms with E-state index in [-0.39, 0.29) is 6.01 Å². The Morgan fingerprint density at radius 2 is 1.82 bits per heavy atom. The molecule has 1 heterocycles. The van der Waals surface area contributed by atoms with Crippen LogP contribution in [0.5, 0.6) is 11.5 Å². The van der Waals surface area contributed by atoms with Gasteiger partial charge in [0.05, 0.1) is 20.4 Å². The van der Waals surface area contributed by atoms with Crippen molar-refractivity contribution in [3.05, 3.63) is 23.9 Å². The molecule has 2 N–H and O–H groups in total. The molecule has 2 rings (SSSR count). The summed E-state index contributed by atoms with van der Waals surface area (Å²) < 4.78 is 15.8. The van der Waals surface area contributed by atoms with Crippen molar-refractivity contribution in [2.45, 2.75) is 6.92 Å². The number of nitrogen functional groups attached to an aromatic ring is 1. The molecule has 17 heavy (non-hydrogen) atoms. The summed E-state index contributed by atoms with van der Waals surface area (Å²) in [6, 6.07) is 3.87. The molecule has 0 aliphatic heterocycles. The number of oxazole rings is 1. The van der Waals surface area contributed by atoms with Gasteiger partial charge in [0, 0.05) is 5.56 Å². The summed E-state index contributed by atoms with van der Waals surface area (Å²) in [5, 5.41) is 0. The number of anilines is 1. The molecule has 0 atom stereocenters. The summed E-state index contributed by atoms with van der Waals surface area (Å²) >= 11 is 0. The number of nitrogens with zero attached hydrogens (tertiary/aromatic N) is 1. The number of ether oxygens (including phenoxy) is 2. The number of aryl methyl sites for hydroxylation is 1. The number of methoxy groups -OCH3 is 2. The number of hydrogen-bond donors (Lipinski definition) is 1. The van der Waals surface area contributed by atoms with E-state index in [2.05, 4.69) is 4.98 Å². The minimum absolute atomic E-state index is 0.147. The Morgan fingerprint density at radius 3 is 2.35 bits per heavy atom. The third kappa shape index (κ3) is 2.04. The van der Waals surface area contributed by atoms with Gasteiger partial charge in [-0.2, -0.15) is 0 Å². The molecule has 0 radical (unpaired) electrons. The lowest BCUT2D eigenvalue weighted by Crippen LogP contribution is -1.93. The van der Waals surface area contributed by atoms with Crippen molar-refractivity contribution in [2.24, 2.45) is 0 Å². The smallest absolute Gasteiger partial charge is 0.292 e. The first kappa shape index (κ1) is 11.3. The third-order valence-corrected chi connectivity index (χ3v) is 2.52. The van der Waals surface area contributed by atoms with Gasteiger partial charge >= 0.3 is 0 Å². The number of aromatic nitrogens is 1. The largest absolute Gasteiger partial charge is 0.493 e. The monoisotopic (exact) mass is 234 g/mol. The van der Waals surface area contributed by atoms with Gasteiger partial charge in [-0.15, -0.1) is 0 Å². The van der Waals surface area contributed by atoms with Crippen molar-refractivity contribution in [1.82, 2.24) is 4.98 Å². The zero-order chi connectivity index (χ0) is 12.4. The molecule has 0 aliphatic rings. The lowest BCUT2D eigenvalue weighted by Gasteiger charge is -2.11. The third-order valence-electron chi connectivity index (χ3n) is 2.52. The Morgan fingerprint density at radius 1 is 1.18 bits per heavy atom. The summed E-state index contributed by atoms with van der Waals surface area (Å²) in [5.41, 5.74) is 7.34. The van der Waals surface area contributed by atoms with Crippen LogP contribution in [0.15, 0.2) is 22.7 Å². The molecule has 0 aliphatic carbocycles. The van der Waals surface area contributed by atoms with Gasteiger partial charge < -0.3 is 19.6 Å². The Balaban J connectivity index is 2.55. The maximum absolute atomic E-state index is 5.46. The Hall–Kier alpha value is -2.17. The molecule has 1 aromatic carbocycles. The van der Waals surface area contributed by atoms with Gasteiger partial charge in [-0.05, 0) is 24.6 Å². The first-order valence-corrected chi connectivity index (χ1v) is 5.10. The quantitative estimate of drug-likeness (QED) is 0.881. The van der Waals surface area contributed by atoms with E-state index < -0.39 is 0 Å². The SMILES string of the molecule is COc1cc(C)c(-c2cnc(N)o2)cc1OC. The zero-order valence-electron chi connectivity index (χ0n) is 9.98. The van der Waals surface area contributed by atoms with E-state index in [4.69, 9.17) is 19.6 Å². The lowest BCUT2D eigenvalue weighted by molar-refractivity contribution is 0.355. The van der Waals surface area contributed by atoms with Crippen LogP contribution in [0.4, 0.5) is 6.01 Å². The van der Waals surface area contributed by atoms with Crippen molar-refractivity contribution >= 4 is 6.01 Å². The number of benzene rings is 1. The van der Waals surface area contributed by atoms with E-state index in [1.807, 2.05) is 19.1 Å². The van der Waals surface area contributed by atoms with E-state index in [0.717, 1.165) is 11.1 Å². The number of nitrogens with two attached hydrogens (primary N) is 1. The van der Waals surface area contributed by atoms with Crippen LogP contribution in [0, 0.1) is 6.92 Å². The summed E-state index contributed by atoms with van der Waals surface area (Å²) in [5.74, 6) is 1.94. The molecule has 5 nitrogen and oxygen atoms in total. The fourth-order valence-electron chi connectivity index (χ4n) is 1.66. The summed E-state index contributed by atoms with van der Waals surface area (Å²) in [6.45, 7) is 1.95. The van der Waals surface area contributed by atoms with Crippen LogP contribution < -0.4 is 15.2 Å². The molecule has 0 unspecified atom stereocenters. The van der Waals surface area contributed by atoms with Crippen LogP contribution in [0.3, 0.4) is 0 Å². The minimum atomic E-state index is 0.147. The van der Waals surface area contributed by atoms with E-state index >= 15 is 0 Å². The van der Waals surface area contributed by atoms with Crippen molar-refractivity contribution in [1.29, 1.82) is 0 Å². The predicted octanol–water partition coefficient (Wildman–Crippen LogP) is 2.25. The molecule has 0 fully saturated rings. The Bertz CT molecular complexity index is 535. The summed E-state index contributed by atoms with van der Waals surface area (Å²) in [7, 11) is 3.19. The summed E-state index contributed by atoms with van der Waals surface area (Å²) in [6.07, 6.45) is 1.59. The fraction of sp³-hybridized carbons (Fsp3) is 0.250. The maximum Gasteiger partial charge on any atom is 0.292 e. The highest BCUT2D eigenvalue weighted by Crippen LogP contribution is 2.35. The molecule has 0 saturated heterocycles. The van der Waals surface area contributed by atoms with Crippen LogP contribution in [0.2, 0.25) is 0 Å². The van der Waals surface area contributed by atoms with Crippen molar-refractivity contribution in [3.63, 3.8) is 0 Å². The van der Waals surface area contributed by atoms with Crippen molar-refractivity contribution in [2.75, 3.05) is 20.0 Å². The van der Waals surface area contributed by atoms with E-state index in [0.29, 0.717) is 17.3 Å². The second kappa shape index (κ2) is 4.37. The standard InChI is InChI=1S/C12H14N2O3/c1-7-4-9(15-2)10(16-3)5-8(7)11-6-14-12(13)17-11/h4-6H,1-3H3,(H2,13,14). The highest BCUT2D eigenvalue weighted by molar-refractivity contribution is 5.67. The van der Waals surface area contributed by atoms with Crippen molar-refractivity contribution in [3.8, 4) is 22.8 Å². The first-order chi connectivity index (χ1) is 8.15. The molecule has 0 saturated carbocycles. The van der Waals surface area contributed by atoms with Gasteiger partial charge in [0.15, 0.2) is 17.3 Å². The first-order valence-electron chi connectivity index (χ1n) is 5.10. The van der Waals surface area contributed by atoms with Gasteiger partial charge in [0.25, 0.3) is 6.01 Å². The van der Waals surface area contributed by atoms with Gasteiger partial charge in [-0.1, -0.05) is 0 Å². The fourth-order valence-corrected chi connectivity index (χ4v) is 1.66. The second-order valence-corrected chi connectivity index (χ2v) is 3.58. The lowest BCUT2D eigenvalue weighted by atomic mass is 10.1. The molecular weight excluding hydrogens is 220 g/mol. The molecule has 5 heteroatoms. The van der Waals surface area contributed by atoms with Gasteiger partial charge in [0.1, 0.15) is 0 Å². The molecule has 0 bridgehead atoms.